The van der Waals surface area contributed by atoms with Gasteiger partial charge in [0, 0.05) is 30.0 Å². The average Bonchev–Trinajstić information content (AvgIpc) is 2.26. The van der Waals surface area contributed by atoms with Gasteiger partial charge in [-0.15, -0.1) is 0 Å². The van der Waals surface area contributed by atoms with E-state index in [0.717, 1.165) is 22.2 Å². The minimum absolute atomic E-state index is 0.280. The molecule has 2 atom stereocenters. The number of aliphatic hydroxyl groups is 1. The van der Waals surface area contributed by atoms with E-state index >= 15 is 0 Å². The number of methoxy groups -OCH3 is 1. The third-order valence-electron chi connectivity index (χ3n) is 3.67. The number of ether oxygens (including phenoxy) is 2. The number of benzene rings is 1. The summed E-state index contributed by atoms with van der Waals surface area (Å²) in [5.74, 6) is 0.752. The predicted molar refractivity (Wildman–Crippen MR) is 78.5 cm³/mol. The first kappa shape index (κ1) is 14.8. The zero-order chi connectivity index (χ0) is 14.3. The molecule has 0 fully saturated rings. The minimum atomic E-state index is -0.491. The summed E-state index contributed by atoms with van der Waals surface area (Å²) in [6.07, 6.45) is 0.808. The van der Waals surface area contributed by atoms with E-state index in [4.69, 9.17) is 9.47 Å². The van der Waals surface area contributed by atoms with Crippen LogP contribution >= 0.6 is 15.9 Å². The van der Waals surface area contributed by atoms with Crippen LogP contribution in [0.25, 0.3) is 0 Å². The smallest absolute Gasteiger partial charge is 0.127 e. The van der Waals surface area contributed by atoms with Crippen molar-refractivity contribution in [1.82, 2.24) is 0 Å². The van der Waals surface area contributed by atoms with Crippen LogP contribution in [0, 0.1) is 0 Å². The zero-order valence-corrected chi connectivity index (χ0v) is 13.5. The molecule has 0 aromatic heterocycles. The van der Waals surface area contributed by atoms with Gasteiger partial charge < -0.3 is 14.6 Å². The Morgan fingerprint density at radius 3 is 2.84 bits per heavy atom. The summed E-state index contributed by atoms with van der Waals surface area (Å²) < 4.78 is 12.6. The van der Waals surface area contributed by atoms with Gasteiger partial charge in [0.1, 0.15) is 11.4 Å². The maximum atomic E-state index is 10.3. The molecule has 1 aliphatic heterocycles. The highest BCUT2D eigenvalue weighted by Crippen LogP contribution is 2.43. The first-order valence-corrected chi connectivity index (χ1v) is 7.26. The minimum Gasteiger partial charge on any atom is -0.487 e. The van der Waals surface area contributed by atoms with E-state index < -0.39 is 11.7 Å². The van der Waals surface area contributed by atoms with Crippen molar-refractivity contribution in [3.05, 3.63) is 28.2 Å². The first-order chi connectivity index (χ1) is 8.75. The van der Waals surface area contributed by atoms with Crippen molar-refractivity contribution in [2.45, 2.75) is 50.9 Å². The van der Waals surface area contributed by atoms with Gasteiger partial charge in [0.2, 0.25) is 0 Å². The lowest BCUT2D eigenvalue weighted by Crippen LogP contribution is -2.44. The lowest BCUT2D eigenvalue weighted by Gasteiger charge is -2.42. The van der Waals surface area contributed by atoms with Crippen molar-refractivity contribution < 1.29 is 14.6 Å². The lowest BCUT2D eigenvalue weighted by atomic mass is 9.82. The van der Waals surface area contributed by atoms with Crippen LogP contribution in [-0.2, 0) is 4.74 Å². The molecule has 2 rings (SSSR count). The third-order valence-corrected chi connectivity index (χ3v) is 4.16. The van der Waals surface area contributed by atoms with Gasteiger partial charge in [0.15, 0.2) is 0 Å². The molecular weight excluding hydrogens is 308 g/mol. The van der Waals surface area contributed by atoms with Crippen molar-refractivity contribution >= 4 is 15.9 Å². The van der Waals surface area contributed by atoms with Crippen LogP contribution in [0.1, 0.15) is 45.3 Å². The maximum absolute atomic E-state index is 10.3. The number of hydrogen-bond donors (Lipinski definition) is 1. The Morgan fingerprint density at radius 2 is 2.21 bits per heavy atom. The maximum Gasteiger partial charge on any atom is 0.127 e. The highest BCUT2D eigenvalue weighted by molar-refractivity contribution is 9.10. The molecule has 1 aromatic carbocycles. The molecule has 0 bridgehead atoms. The largest absolute Gasteiger partial charge is 0.487 e. The van der Waals surface area contributed by atoms with Gasteiger partial charge in [0.25, 0.3) is 0 Å². The van der Waals surface area contributed by atoms with Crippen LogP contribution in [0.4, 0.5) is 0 Å². The molecule has 1 heterocycles. The quantitative estimate of drug-likeness (QED) is 0.916. The van der Waals surface area contributed by atoms with Crippen LogP contribution in [0.15, 0.2) is 22.7 Å². The summed E-state index contributed by atoms with van der Waals surface area (Å²) in [7, 11) is 1.70. The van der Waals surface area contributed by atoms with Gasteiger partial charge in [-0.3, -0.25) is 0 Å². The lowest BCUT2D eigenvalue weighted by molar-refractivity contribution is -0.0746. The van der Waals surface area contributed by atoms with Crippen LogP contribution in [0.3, 0.4) is 0 Å². The Labute approximate surface area is 123 Å². The highest BCUT2D eigenvalue weighted by atomic mass is 79.9. The predicted octanol–water partition coefficient (Wildman–Crippen LogP) is 3.84. The molecule has 0 spiro atoms. The fourth-order valence-corrected chi connectivity index (χ4v) is 3.12. The van der Waals surface area contributed by atoms with E-state index in [1.54, 1.807) is 7.11 Å². The van der Waals surface area contributed by atoms with E-state index in [9.17, 15) is 5.11 Å². The molecule has 1 aliphatic rings. The van der Waals surface area contributed by atoms with Gasteiger partial charge in [-0.05, 0) is 32.9 Å². The molecule has 106 valence electrons. The molecule has 1 N–H and O–H groups in total. The van der Waals surface area contributed by atoms with Gasteiger partial charge in [-0.2, -0.15) is 0 Å². The number of hydrogen-bond acceptors (Lipinski definition) is 3. The topological polar surface area (TPSA) is 38.7 Å². The second-order valence-electron chi connectivity index (χ2n) is 6.09. The van der Waals surface area contributed by atoms with E-state index in [2.05, 4.69) is 15.9 Å². The van der Waals surface area contributed by atoms with Gasteiger partial charge >= 0.3 is 0 Å². The molecule has 19 heavy (non-hydrogen) atoms. The molecule has 4 heteroatoms. The fourth-order valence-electron chi connectivity index (χ4n) is 2.78. The first-order valence-electron chi connectivity index (χ1n) is 6.46. The SMILES string of the molecule is COC(C)(C)CC1(C)C[C@H](O)c2ccc(Br)cc2O1. The summed E-state index contributed by atoms with van der Waals surface area (Å²) in [5.41, 5.74) is 0.154. The Bertz CT molecular complexity index is 472. The number of fused-ring (bicyclic) bond motifs is 1. The summed E-state index contributed by atoms with van der Waals surface area (Å²) in [6, 6.07) is 5.74. The standard InChI is InChI=1S/C15H21BrO3/c1-14(2,18-4)9-15(3)8-12(17)11-6-5-10(16)7-13(11)19-15/h5-7,12,17H,8-9H2,1-4H3/t12-,15?/m0/s1. The fraction of sp³-hybridized carbons (Fsp3) is 0.600. The van der Waals surface area contributed by atoms with E-state index in [-0.39, 0.29) is 5.60 Å². The second-order valence-corrected chi connectivity index (χ2v) is 7.01. The Hall–Kier alpha value is -0.580. The number of aliphatic hydroxyl groups excluding tert-OH is 1. The summed E-state index contributed by atoms with van der Waals surface area (Å²) in [4.78, 5) is 0. The zero-order valence-electron chi connectivity index (χ0n) is 11.9. The summed E-state index contributed by atoms with van der Waals surface area (Å²) in [5, 5.41) is 10.3. The number of rotatable bonds is 3. The molecule has 0 radical (unpaired) electrons. The molecule has 0 saturated heterocycles. The van der Waals surface area contributed by atoms with Crippen LogP contribution in [0.5, 0.6) is 5.75 Å². The van der Waals surface area contributed by atoms with Crippen molar-refractivity contribution in [1.29, 1.82) is 0 Å². The monoisotopic (exact) mass is 328 g/mol. The normalized spacial score (nSPS) is 26.7. The Balaban J connectivity index is 2.28. The molecule has 0 amide bonds. The highest BCUT2D eigenvalue weighted by Gasteiger charge is 2.40. The Morgan fingerprint density at radius 1 is 1.53 bits per heavy atom. The van der Waals surface area contributed by atoms with Crippen LogP contribution in [-0.4, -0.2) is 23.4 Å². The second kappa shape index (κ2) is 5.08. The number of halogens is 1. The van der Waals surface area contributed by atoms with E-state index in [0.29, 0.717) is 6.42 Å². The molecular formula is C15H21BrO3. The summed E-state index contributed by atoms with van der Waals surface area (Å²) >= 11 is 3.44. The van der Waals surface area contributed by atoms with Gasteiger partial charge in [-0.1, -0.05) is 22.0 Å². The molecule has 1 aromatic rings. The van der Waals surface area contributed by atoms with Crippen LogP contribution < -0.4 is 4.74 Å². The summed E-state index contributed by atoms with van der Waals surface area (Å²) in [6.45, 7) is 6.09. The van der Waals surface area contributed by atoms with Gasteiger partial charge in [0.05, 0.1) is 11.7 Å². The molecule has 1 unspecified atom stereocenters. The average molecular weight is 329 g/mol. The van der Waals surface area contributed by atoms with Crippen molar-refractivity contribution in [2.24, 2.45) is 0 Å². The van der Waals surface area contributed by atoms with Crippen molar-refractivity contribution in [3.63, 3.8) is 0 Å². The molecule has 0 aliphatic carbocycles. The molecule has 3 nitrogen and oxygen atoms in total. The van der Waals surface area contributed by atoms with E-state index in [1.807, 2.05) is 39.0 Å². The third kappa shape index (κ3) is 3.30. The van der Waals surface area contributed by atoms with E-state index in [1.165, 1.54) is 0 Å². The van der Waals surface area contributed by atoms with Gasteiger partial charge in [-0.25, -0.2) is 0 Å². The Kier molecular flexibility index (Phi) is 3.96. The van der Waals surface area contributed by atoms with Crippen molar-refractivity contribution in [3.8, 4) is 5.75 Å². The molecule has 0 saturated carbocycles. The van der Waals surface area contributed by atoms with Crippen molar-refractivity contribution in [2.75, 3.05) is 7.11 Å². The van der Waals surface area contributed by atoms with Crippen LogP contribution in [0.2, 0.25) is 0 Å².